The van der Waals surface area contributed by atoms with Crippen molar-refractivity contribution >= 4 is 11.6 Å². The summed E-state index contributed by atoms with van der Waals surface area (Å²) >= 11 is 0. The average molecular weight is 255 g/mol. The number of ketones is 2. The van der Waals surface area contributed by atoms with Crippen LogP contribution in [0.15, 0.2) is 0 Å². The zero-order valence-corrected chi connectivity index (χ0v) is 11.8. The summed E-state index contributed by atoms with van der Waals surface area (Å²) < 4.78 is 0. The van der Waals surface area contributed by atoms with E-state index in [2.05, 4.69) is 0 Å². The highest BCUT2D eigenvalue weighted by atomic mass is 16.3. The summed E-state index contributed by atoms with van der Waals surface area (Å²) in [5.41, 5.74) is 5.27. The molecular weight excluding hydrogens is 230 g/mol. The molecule has 0 amide bonds. The summed E-state index contributed by atoms with van der Waals surface area (Å²) in [7, 11) is 0. The molecule has 0 aromatic carbocycles. The van der Waals surface area contributed by atoms with Gasteiger partial charge in [-0.15, -0.1) is 0 Å². The fourth-order valence-electron chi connectivity index (χ4n) is 2.66. The number of hydrogen-bond donors (Lipinski definition) is 2. The van der Waals surface area contributed by atoms with Crippen molar-refractivity contribution in [1.29, 1.82) is 0 Å². The lowest BCUT2D eigenvalue weighted by Gasteiger charge is -2.27. The van der Waals surface area contributed by atoms with Crippen LogP contribution in [0.3, 0.4) is 0 Å². The van der Waals surface area contributed by atoms with Crippen LogP contribution in [-0.2, 0) is 9.59 Å². The molecule has 104 valence electrons. The third-order valence-corrected chi connectivity index (χ3v) is 3.81. The predicted molar refractivity (Wildman–Crippen MR) is 70.0 cm³/mol. The lowest BCUT2D eigenvalue weighted by Crippen LogP contribution is -2.46. The van der Waals surface area contributed by atoms with Crippen LogP contribution in [0.25, 0.3) is 0 Å². The van der Waals surface area contributed by atoms with Crippen molar-refractivity contribution in [1.82, 2.24) is 0 Å². The average Bonchev–Trinajstić information content (AvgIpc) is 2.73. The highest BCUT2D eigenvalue weighted by molar-refractivity contribution is 5.95. The molecule has 1 saturated carbocycles. The van der Waals surface area contributed by atoms with Crippen LogP contribution >= 0.6 is 0 Å². The van der Waals surface area contributed by atoms with Crippen LogP contribution in [0.2, 0.25) is 0 Å². The third kappa shape index (κ3) is 3.18. The predicted octanol–water partition coefficient (Wildman–Crippen LogP) is 1.30. The fourth-order valence-corrected chi connectivity index (χ4v) is 2.66. The smallest absolute Gasteiger partial charge is 0.155 e. The number of aliphatic hydroxyl groups excluding tert-OH is 1. The first-order valence-corrected chi connectivity index (χ1v) is 6.68. The number of carbonyl (C=O) groups is 2. The normalized spacial score (nSPS) is 27.9. The first-order valence-electron chi connectivity index (χ1n) is 6.68. The number of carbonyl (C=O) groups excluding carboxylic acids is 2. The van der Waals surface area contributed by atoms with Gasteiger partial charge in [-0.1, -0.05) is 27.2 Å². The number of Topliss-reactive ketones (excluding diaryl/α,β-unsaturated/α-hetero) is 2. The minimum Gasteiger partial charge on any atom is -0.391 e. The maximum absolute atomic E-state index is 12.3. The van der Waals surface area contributed by atoms with Gasteiger partial charge in [0.1, 0.15) is 5.78 Å². The van der Waals surface area contributed by atoms with Crippen LogP contribution < -0.4 is 5.73 Å². The highest BCUT2D eigenvalue weighted by Gasteiger charge is 2.43. The number of rotatable bonds is 4. The van der Waals surface area contributed by atoms with Crippen molar-refractivity contribution in [2.24, 2.45) is 23.0 Å². The Morgan fingerprint density at radius 1 is 1.22 bits per heavy atom. The molecule has 0 heterocycles. The van der Waals surface area contributed by atoms with Gasteiger partial charge < -0.3 is 10.8 Å². The second-order valence-electron chi connectivity index (χ2n) is 6.43. The fraction of sp³-hybridized carbons (Fsp3) is 0.857. The minimum absolute atomic E-state index is 0.135. The van der Waals surface area contributed by atoms with Crippen molar-refractivity contribution < 1.29 is 14.7 Å². The molecule has 1 rings (SSSR count). The molecule has 4 unspecified atom stereocenters. The van der Waals surface area contributed by atoms with Crippen molar-refractivity contribution in [2.75, 3.05) is 0 Å². The molecule has 4 nitrogen and oxygen atoms in total. The first-order chi connectivity index (χ1) is 8.16. The molecule has 0 aromatic heterocycles. The van der Waals surface area contributed by atoms with Gasteiger partial charge in [-0.05, 0) is 19.8 Å². The topological polar surface area (TPSA) is 80.4 Å². The van der Waals surface area contributed by atoms with Crippen molar-refractivity contribution in [3.05, 3.63) is 0 Å². The van der Waals surface area contributed by atoms with Gasteiger partial charge in [0.05, 0.1) is 12.1 Å². The standard InChI is InChI=1S/C14H25NO3/c1-8(16)11(15)12(17)9-6-5-7-10(9)13(18)14(2,3)4/h8-11,16H,5-7,15H2,1-4H3. The Morgan fingerprint density at radius 3 is 2.17 bits per heavy atom. The summed E-state index contributed by atoms with van der Waals surface area (Å²) in [6.07, 6.45) is 1.50. The van der Waals surface area contributed by atoms with Crippen molar-refractivity contribution in [2.45, 2.75) is 59.1 Å². The van der Waals surface area contributed by atoms with Gasteiger partial charge in [0.15, 0.2) is 5.78 Å². The summed E-state index contributed by atoms with van der Waals surface area (Å²) in [4.78, 5) is 24.5. The van der Waals surface area contributed by atoms with E-state index in [-0.39, 0.29) is 23.4 Å². The maximum atomic E-state index is 12.3. The highest BCUT2D eigenvalue weighted by Crippen LogP contribution is 2.38. The van der Waals surface area contributed by atoms with Gasteiger partial charge in [-0.3, -0.25) is 9.59 Å². The third-order valence-electron chi connectivity index (χ3n) is 3.81. The molecular formula is C14H25NO3. The molecule has 4 heteroatoms. The molecule has 1 aliphatic rings. The van der Waals surface area contributed by atoms with Gasteiger partial charge in [0.25, 0.3) is 0 Å². The Balaban J connectivity index is 2.83. The van der Waals surface area contributed by atoms with Gasteiger partial charge in [0.2, 0.25) is 0 Å². The largest absolute Gasteiger partial charge is 0.391 e. The van der Waals surface area contributed by atoms with E-state index in [9.17, 15) is 14.7 Å². The summed E-state index contributed by atoms with van der Waals surface area (Å²) in [6, 6.07) is -0.872. The molecule has 4 atom stereocenters. The Morgan fingerprint density at radius 2 is 1.72 bits per heavy atom. The molecule has 0 spiro atoms. The Kier molecular flexibility index (Phi) is 4.67. The Bertz CT molecular complexity index is 330. The number of nitrogens with two attached hydrogens (primary N) is 1. The molecule has 0 aromatic rings. The summed E-state index contributed by atoms with van der Waals surface area (Å²) in [6.45, 7) is 7.15. The number of aliphatic hydroxyl groups is 1. The summed E-state index contributed by atoms with van der Waals surface area (Å²) in [5.74, 6) is -0.551. The van der Waals surface area contributed by atoms with Crippen LogP contribution in [0.5, 0.6) is 0 Å². The van der Waals surface area contributed by atoms with Crippen LogP contribution in [0.1, 0.15) is 47.0 Å². The lowest BCUT2D eigenvalue weighted by atomic mass is 9.76. The quantitative estimate of drug-likeness (QED) is 0.793. The van der Waals surface area contributed by atoms with E-state index < -0.39 is 17.6 Å². The van der Waals surface area contributed by atoms with Gasteiger partial charge in [-0.2, -0.15) is 0 Å². The SMILES string of the molecule is CC(O)C(N)C(=O)C1CCCC1C(=O)C(C)(C)C. The number of hydrogen-bond acceptors (Lipinski definition) is 4. The minimum atomic E-state index is -0.872. The van der Waals surface area contributed by atoms with Crippen molar-refractivity contribution in [3.63, 3.8) is 0 Å². The second-order valence-corrected chi connectivity index (χ2v) is 6.43. The zero-order valence-electron chi connectivity index (χ0n) is 11.8. The van der Waals surface area contributed by atoms with E-state index in [4.69, 9.17) is 5.73 Å². The van der Waals surface area contributed by atoms with Crippen LogP contribution in [0.4, 0.5) is 0 Å². The maximum Gasteiger partial charge on any atom is 0.155 e. The monoisotopic (exact) mass is 255 g/mol. The van der Waals surface area contributed by atoms with E-state index in [1.165, 1.54) is 6.92 Å². The lowest BCUT2D eigenvalue weighted by molar-refractivity contribution is -0.137. The molecule has 0 saturated heterocycles. The Labute approximate surface area is 109 Å². The van der Waals surface area contributed by atoms with E-state index >= 15 is 0 Å². The molecule has 0 radical (unpaired) electrons. The molecule has 0 aliphatic heterocycles. The van der Waals surface area contributed by atoms with Crippen LogP contribution in [-0.4, -0.2) is 28.8 Å². The molecule has 3 N–H and O–H groups in total. The van der Waals surface area contributed by atoms with Crippen LogP contribution in [0, 0.1) is 17.3 Å². The molecule has 0 bridgehead atoms. The van der Waals surface area contributed by atoms with Gasteiger partial charge in [-0.25, -0.2) is 0 Å². The van der Waals surface area contributed by atoms with Gasteiger partial charge >= 0.3 is 0 Å². The molecule has 1 fully saturated rings. The first kappa shape index (κ1) is 15.3. The Hall–Kier alpha value is -0.740. The van der Waals surface area contributed by atoms with Gasteiger partial charge in [0, 0.05) is 17.3 Å². The van der Waals surface area contributed by atoms with E-state index in [1.54, 1.807) is 0 Å². The molecule has 1 aliphatic carbocycles. The van der Waals surface area contributed by atoms with E-state index in [1.807, 2.05) is 20.8 Å². The second kappa shape index (κ2) is 5.49. The summed E-state index contributed by atoms with van der Waals surface area (Å²) in [5, 5.41) is 9.41. The van der Waals surface area contributed by atoms with E-state index in [0.29, 0.717) is 6.42 Å². The van der Waals surface area contributed by atoms with Crippen molar-refractivity contribution in [3.8, 4) is 0 Å². The van der Waals surface area contributed by atoms with E-state index in [0.717, 1.165) is 12.8 Å². The molecule has 18 heavy (non-hydrogen) atoms. The zero-order chi connectivity index (χ0) is 14.1.